The number of hydrogen-bond donors (Lipinski definition) is 2. The van der Waals surface area contributed by atoms with Gasteiger partial charge in [-0.05, 0) is 51.1 Å². The van der Waals surface area contributed by atoms with Gasteiger partial charge in [-0.2, -0.15) is 0 Å². The molecule has 1 saturated heterocycles. The zero-order valence-corrected chi connectivity index (χ0v) is 11.7. The second kappa shape index (κ2) is 7.13. The van der Waals surface area contributed by atoms with Crippen molar-refractivity contribution in [2.75, 3.05) is 13.1 Å². The summed E-state index contributed by atoms with van der Waals surface area (Å²) in [4.78, 5) is 11.9. The molecule has 3 heteroatoms. The minimum Gasteiger partial charge on any atom is -0.353 e. The number of carbonyl (C=O) groups is 1. The van der Waals surface area contributed by atoms with Crippen LogP contribution in [0.4, 0.5) is 0 Å². The smallest absolute Gasteiger partial charge is 0.220 e. The SMILES string of the molecule is CC(NC(=O)CCC1CCCC1)C1CCCNC1. The van der Waals surface area contributed by atoms with Crippen molar-refractivity contribution in [1.82, 2.24) is 10.6 Å². The fraction of sp³-hybridized carbons (Fsp3) is 0.933. The van der Waals surface area contributed by atoms with Gasteiger partial charge in [0, 0.05) is 12.5 Å². The molecule has 2 N–H and O–H groups in total. The molecule has 0 spiro atoms. The summed E-state index contributed by atoms with van der Waals surface area (Å²) >= 11 is 0. The van der Waals surface area contributed by atoms with E-state index in [0.717, 1.165) is 31.8 Å². The fourth-order valence-electron chi connectivity index (χ4n) is 3.38. The van der Waals surface area contributed by atoms with Crippen molar-refractivity contribution in [3.05, 3.63) is 0 Å². The standard InChI is InChI=1S/C15H28N2O/c1-12(14-7-4-10-16-11-14)17-15(18)9-8-13-5-2-3-6-13/h12-14,16H,2-11H2,1H3,(H,17,18). The van der Waals surface area contributed by atoms with Gasteiger partial charge < -0.3 is 10.6 Å². The molecule has 0 radical (unpaired) electrons. The molecular formula is C15H28N2O. The molecule has 2 aliphatic rings. The van der Waals surface area contributed by atoms with E-state index in [2.05, 4.69) is 17.6 Å². The molecule has 2 rings (SSSR count). The zero-order valence-electron chi connectivity index (χ0n) is 11.7. The van der Waals surface area contributed by atoms with Gasteiger partial charge in [0.1, 0.15) is 0 Å². The monoisotopic (exact) mass is 252 g/mol. The summed E-state index contributed by atoms with van der Waals surface area (Å²) in [7, 11) is 0. The van der Waals surface area contributed by atoms with Crippen molar-refractivity contribution in [2.45, 2.75) is 64.3 Å². The number of nitrogens with one attached hydrogen (secondary N) is 2. The summed E-state index contributed by atoms with van der Waals surface area (Å²) in [5.41, 5.74) is 0. The lowest BCUT2D eigenvalue weighted by molar-refractivity contribution is -0.122. The van der Waals surface area contributed by atoms with Crippen LogP contribution in [0.2, 0.25) is 0 Å². The van der Waals surface area contributed by atoms with Gasteiger partial charge in [-0.3, -0.25) is 4.79 Å². The van der Waals surface area contributed by atoms with E-state index in [9.17, 15) is 4.79 Å². The highest BCUT2D eigenvalue weighted by Crippen LogP contribution is 2.28. The van der Waals surface area contributed by atoms with Crippen LogP contribution >= 0.6 is 0 Å². The fourth-order valence-corrected chi connectivity index (χ4v) is 3.38. The Kier molecular flexibility index (Phi) is 5.48. The minimum atomic E-state index is 0.264. The molecule has 0 aromatic heterocycles. The number of amides is 1. The predicted octanol–water partition coefficient (Wildman–Crippen LogP) is 2.46. The second-order valence-electron chi connectivity index (χ2n) is 6.15. The van der Waals surface area contributed by atoms with Crippen LogP contribution in [0.5, 0.6) is 0 Å². The van der Waals surface area contributed by atoms with E-state index in [1.54, 1.807) is 0 Å². The highest BCUT2D eigenvalue weighted by Gasteiger charge is 2.22. The Morgan fingerprint density at radius 3 is 2.72 bits per heavy atom. The molecule has 1 heterocycles. The molecule has 0 aromatic rings. The highest BCUT2D eigenvalue weighted by molar-refractivity contribution is 5.76. The average molecular weight is 252 g/mol. The predicted molar refractivity (Wildman–Crippen MR) is 74.4 cm³/mol. The number of hydrogen-bond acceptors (Lipinski definition) is 2. The molecule has 104 valence electrons. The maximum absolute atomic E-state index is 11.9. The van der Waals surface area contributed by atoms with E-state index < -0.39 is 0 Å². The molecule has 1 aliphatic carbocycles. The Bertz CT molecular complexity index is 255. The first kappa shape index (κ1) is 13.9. The Labute approximate surface area is 111 Å². The maximum atomic E-state index is 11.9. The van der Waals surface area contributed by atoms with Crippen LogP contribution in [0.15, 0.2) is 0 Å². The normalized spacial score (nSPS) is 27.1. The van der Waals surface area contributed by atoms with Gasteiger partial charge in [-0.1, -0.05) is 25.7 Å². The molecule has 2 fully saturated rings. The molecule has 0 bridgehead atoms. The molecule has 18 heavy (non-hydrogen) atoms. The van der Waals surface area contributed by atoms with Crippen LogP contribution in [0, 0.1) is 11.8 Å². The quantitative estimate of drug-likeness (QED) is 0.789. The largest absolute Gasteiger partial charge is 0.353 e. The third kappa shape index (κ3) is 4.27. The van der Waals surface area contributed by atoms with Crippen LogP contribution in [-0.4, -0.2) is 25.0 Å². The van der Waals surface area contributed by atoms with Crippen LogP contribution < -0.4 is 10.6 Å². The number of carbonyl (C=O) groups excluding carboxylic acids is 1. The van der Waals surface area contributed by atoms with Crippen LogP contribution in [-0.2, 0) is 4.79 Å². The van der Waals surface area contributed by atoms with Crippen molar-refractivity contribution in [1.29, 1.82) is 0 Å². The van der Waals surface area contributed by atoms with Crippen LogP contribution in [0.25, 0.3) is 0 Å². The van der Waals surface area contributed by atoms with Gasteiger partial charge in [0.2, 0.25) is 5.91 Å². The first-order chi connectivity index (χ1) is 8.75. The summed E-state index contributed by atoms with van der Waals surface area (Å²) in [5, 5.41) is 6.61. The van der Waals surface area contributed by atoms with Gasteiger partial charge >= 0.3 is 0 Å². The number of piperidine rings is 1. The van der Waals surface area contributed by atoms with Crippen molar-refractivity contribution >= 4 is 5.91 Å². The Morgan fingerprint density at radius 1 is 1.28 bits per heavy atom. The molecule has 2 unspecified atom stereocenters. The average Bonchev–Trinajstić information content (AvgIpc) is 2.90. The van der Waals surface area contributed by atoms with Gasteiger partial charge in [0.15, 0.2) is 0 Å². The summed E-state index contributed by atoms with van der Waals surface area (Å²) < 4.78 is 0. The van der Waals surface area contributed by atoms with Crippen molar-refractivity contribution in [2.24, 2.45) is 11.8 Å². The van der Waals surface area contributed by atoms with E-state index in [4.69, 9.17) is 0 Å². The molecule has 0 aromatic carbocycles. The number of rotatable bonds is 5. The zero-order chi connectivity index (χ0) is 12.8. The van der Waals surface area contributed by atoms with Crippen molar-refractivity contribution in [3.8, 4) is 0 Å². The first-order valence-corrected chi connectivity index (χ1v) is 7.76. The van der Waals surface area contributed by atoms with Gasteiger partial charge in [0.05, 0.1) is 0 Å². The van der Waals surface area contributed by atoms with Gasteiger partial charge in [-0.15, -0.1) is 0 Å². The lowest BCUT2D eigenvalue weighted by atomic mass is 9.92. The highest BCUT2D eigenvalue weighted by atomic mass is 16.1. The third-order valence-electron chi connectivity index (χ3n) is 4.69. The van der Waals surface area contributed by atoms with E-state index in [0.29, 0.717) is 12.0 Å². The Morgan fingerprint density at radius 2 is 2.06 bits per heavy atom. The Hall–Kier alpha value is -0.570. The first-order valence-electron chi connectivity index (χ1n) is 7.76. The lowest BCUT2D eigenvalue weighted by Gasteiger charge is -2.29. The van der Waals surface area contributed by atoms with Crippen molar-refractivity contribution in [3.63, 3.8) is 0 Å². The molecule has 1 aliphatic heterocycles. The molecule has 3 nitrogen and oxygen atoms in total. The van der Waals surface area contributed by atoms with E-state index in [1.165, 1.54) is 38.5 Å². The molecular weight excluding hydrogens is 224 g/mol. The third-order valence-corrected chi connectivity index (χ3v) is 4.69. The van der Waals surface area contributed by atoms with Crippen LogP contribution in [0.3, 0.4) is 0 Å². The van der Waals surface area contributed by atoms with E-state index in [-0.39, 0.29) is 5.91 Å². The van der Waals surface area contributed by atoms with E-state index >= 15 is 0 Å². The van der Waals surface area contributed by atoms with E-state index in [1.807, 2.05) is 0 Å². The molecule has 1 amide bonds. The maximum Gasteiger partial charge on any atom is 0.220 e. The summed E-state index contributed by atoms with van der Waals surface area (Å²) in [6.07, 6.45) is 9.75. The minimum absolute atomic E-state index is 0.264. The lowest BCUT2D eigenvalue weighted by Crippen LogP contribution is -2.44. The second-order valence-corrected chi connectivity index (χ2v) is 6.15. The Balaban J connectivity index is 1.62. The summed E-state index contributed by atoms with van der Waals surface area (Å²) in [5.74, 6) is 1.71. The van der Waals surface area contributed by atoms with Gasteiger partial charge in [0.25, 0.3) is 0 Å². The summed E-state index contributed by atoms with van der Waals surface area (Å²) in [6, 6.07) is 0.328. The molecule has 2 atom stereocenters. The molecule has 1 saturated carbocycles. The van der Waals surface area contributed by atoms with Crippen LogP contribution in [0.1, 0.15) is 58.3 Å². The van der Waals surface area contributed by atoms with Crippen molar-refractivity contribution < 1.29 is 4.79 Å². The summed E-state index contributed by atoms with van der Waals surface area (Å²) in [6.45, 7) is 4.36. The topological polar surface area (TPSA) is 41.1 Å². The van der Waals surface area contributed by atoms with Gasteiger partial charge in [-0.25, -0.2) is 0 Å².